The van der Waals surface area contributed by atoms with Crippen molar-refractivity contribution in [2.24, 2.45) is 5.92 Å². The van der Waals surface area contributed by atoms with Gasteiger partial charge in [0.15, 0.2) is 0 Å². The lowest BCUT2D eigenvalue weighted by molar-refractivity contribution is -0.105. The fourth-order valence-corrected chi connectivity index (χ4v) is 3.54. The van der Waals surface area contributed by atoms with Crippen molar-refractivity contribution in [3.8, 4) is 0 Å². The molecule has 30 heavy (non-hydrogen) atoms. The van der Waals surface area contributed by atoms with Crippen molar-refractivity contribution in [3.05, 3.63) is 65.7 Å². The summed E-state index contributed by atoms with van der Waals surface area (Å²) in [5, 5.41) is 5.44. The molecule has 0 spiro atoms. The van der Waals surface area contributed by atoms with E-state index in [1.807, 2.05) is 48.5 Å². The van der Waals surface area contributed by atoms with Gasteiger partial charge in [0.1, 0.15) is 6.10 Å². The summed E-state index contributed by atoms with van der Waals surface area (Å²) in [5.41, 5.74) is 2.58. The van der Waals surface area contributed by atoms with Crippen LogP contribution >= 0.6 is 0 Å². The Balaban J connectivity index is 1.61. The van der Waals surface area contributed by atoms with E-state index in [1.165, 1.54) is 12.8 Å². The molecular weight excluding hydrogens is 378 g/mol. The van der Waals surface area contributed by atoms with Crippen molar-refractivity contribution >= 4 is 18.2 Å². The summed E-state index contributed by atoms with van der Waals surface area (Å²) in [6, 6.07) is 17.3. The number of ether oxygens (including phenoxy) is 1. The molecule has 2 aromatic rings. The van der Waals surface area contributed by atoms with E-state index in [2.05, 4.69) is 22.5 Å². The fourth-order valence-electron chi connectivity index (χ4n) is 3.54. The first-order valence-electron chi connectivity index (χ1n) is 10.7. The second-order valence-electron chi connectivity index (χ2n) is 7.82. The second-order valence-corrected chi connectivity index (χ2v) is 7.82. The Bertz CT molecular complexity index is 808. The standard InChI is InChI=1S/C24H31N3O3/c1-2-13-27(16-19-11-12-19)17-23(21-8-4-3-5-9-21)30-24(29)25-15-20-7-6-10-22(14-20)26-18-28/h3-10,14,18-19,23H,2,11-13,15-17H2,1H3,(H,25,29)(H,26,28). The molecule has 1 aliphatic rings. The molecule has 0 aliphatic heterocycles. The second kappa shape index (κ2) is 11.4. The zero-order chi connectivity index (χ0) is 21.2. The van der Waals surface area contributed by atoms with Gasteiger partial charge in [0, 0.05) is 25.3 Å². The van der Waals surface area contributed by atoms with Crippen molar-refractivity contribution in [1.29, 1.82) is 0 Å². The van der Waals surface area contributed by atoms with Crippen LogP contribution < -0.4 is 10.6 Å². The molecule has 1 aliphatic carbocycles. The average molecular weight is 410 g/mol. The van der Waals surface area contributed by atoms with E-state index in [4.69, 9.17) is 4.74 Å². The zero-order valence-corrected chi connectivity index (χ0v) is 17.5. The maximum Gasteiger partial charge on any atom is 0.408 e. The third-order valence-corrected chi connectivity index (χ3v) is 5.19. The summed E-state index contributed by atoms with van der Waals surface area (Å²) >= 11 is 0. The molecule has 1 saturated carbocycles. The van der Waals surface area contributed by atoms with Gasteiger partial charge in [-0.25, -0.2) is 4.79 Å². The first-order chi connectivity index (χ1) is 14.7. The monoisotopic (exact) mass is 409 g/mol. The molecule has 0 saturated heterocycles. The average Bonchev–Trinajstić information content (AvgIpc) is 3.57. The van der Waals surface area contributed by atoms with Crippen molar-refractivity contribution in [2.45, 2.75) is 38.8 Å². The Morgan fingerprint density at radius 3 is 2.70 bits per heavy atom. The highest BCUT2D eigenvalue weighted by atomic mass is 16.6. The van der Waals surface area contributed by atoms with Crippen LogP contribution in [-0.4, -0.2) is 37.0 Å². The van der Waals surface area contributed by atoms with Gasteiger partial charge >= 0.3 is 6.09 Å². The van der Waals surface area contributed by atoms with Crippen LogP contribution in [0.25, 0.3) is 0 Å². The predicted octanol–water partition coefficient (Wildman–Crippen LogP) is 4.34. The van der Waals surface area contributed by atoms with Crippen LogP contribution in [0.5, 0.6) is 0 Å². The molecular formula is C24H31N3O3. The van der Waals surface area contributed by atoms with Gasteiger partial charge < -0.3 is 15.4 Å². The van der Waals surface area contributed by atoms with Crippen molar-refractivity contribution in [2.75, 3.05) is 25.0 Å². The van der Waals surface area contributed by atoms with Gasteiger partial charge in [-0.05, 0) is 55.0 Å². The molecule has 0 heterocycles. The van der Waals surface area contributed by atoms with Gasteiger partial charge in [0.05, 0.1) is 0 Å². The van der Waals surface area contributed by atoms with Crippen LogP contribution in [0.15, 0.2) is 54.6 Å². The van der Waals surface area contributed by atoms with Crippen LogP contribution in [0.3, 0.4) is 0 Å². The summed E-state index contributed by atoms with van der Waals surface area (Å²) in [5.74, 6) is 0.786. The number of nitrogens with one attached hydrogen (secondary N) is 2. The molecule has 1 atom stereocenters. The van der Waals surface area contributed by atoms with Crippen molar-refractivity contribution in [3.63, 3.8) is 0 Å². The molecule has 2 aromatic carbocycles. The number of carbonyl (C=O) groups excluding carboxylic acids is 2. The minimum Gasteiger partial charge on any atom is -0.440 e. The maximum absolute atomic E-state index is 12.6. The van der Waals surface area contributed by atoms with Crippen LogP contribution in [0.4, 0.5) is 10.5 Å². The van der Waals surface area contributed by atoms with Gasteiger partial charge in [-0.3, -0.25) is 9.69 Å². The number of anilines is 1. The third kappa shape index (κ3) is 7.19. The minimum absolute atomic E-state index is 0.320. The normalized spacial score (nSPS) is 14.2. The quantitative estimate of drug-likeness (QED) is 0.512. The highest BCUT2D eigenvalue weighted by Gasteiger charge is 2.27. The van der Waals surface area contributed by atoms with Crippen LogP contribution in [0.1, 0.15) is 43.4 Å². The first-order valence-corrected chi connectivity index (χ1v) is 10.7. The molecule has 0 aromatic heterocycles. The zero-order valence-electron chi connectivity index (χ0n) is 17.5. The van der Waals surface area contributed by atoms with Crippen LogP contribution in [0.2, 0.25) is 0 Å². The predicted molar refractivity (Wildman–Crippen MR) is 118 cm³/mol. The fraction of sp³-hybridized carbons (Fsp3) is 0.417. The Morgan fingerprint density at radius 2 is 2.00 bits per heavy atom. The van der Waals surface area contributed by atoms with E-state index in [0.29, 0.717) is 25.2 Å². The van der Waals surface area contributed by atoms with Crippen molar-refractivity contribution < 1.29 is 14.3 Å². The molecule has 1 unspecified atom stereocenters. The number of carbonyl (C=O) groups is 2. The summed E-state index contributed by atoms with van der Waals surface area (Å²) in [7, 11) is 0. The van der Waals surface area contributed by atoms with Gasteiger partial charge in [0.25, 0.3) is 0 Å². The number of hydrogen-bond acceptors (Lipinski definition) is 4. The smallest absolute Gasteiger partial charge is 0.408 e. The van der Waals surface area contributed by atoms with E-state index < -0.39 is 6.09 Å². The minimum atomic E-state index is -0.444. The van der Waals surface area contributed by atoms with Gasteiger partial charge in [-0.1, -0.05) is 49.4 Å². The van der Waals surface area contributed by atoms with E-state index in [0.717, 1.165) is 36.6 Å². The van der Waals surface area contributed by atoms with E-state index in [-0.39, 0.29) is 6.10 Å². The van der Waals surface area contributed by atoms with Crippen LogP contribution in [-0.2, 0) is 16.1 Å². The SMILES string of the molecule is CCCN(CC1CC1)CC(OC(=O)NCc1cccc(NC=O)c1)c1ccccc1. The topological polar surface area (TPSA) is 70.7 Å². The van der Waals surface area contributed by atoms with Gasteiger partial charge in [-0.2, -0.15) is 0 Å². The number of rotatable bonds is 12. The summed E-state index contributed by atoms with van der Waals surface area (Å²) in [4.78, 5) is 25.6. The molecule has 2 N–H and O–H groups in total. The molecule has 6 heteroatoms. The van der Waals surface area contributed by atoms with E-state index >= 15 is 0 Å². The summed E-state index contributed by atoms with van der Waals surface area (Å²) < 4.78 is 5.85. The molecule has 160 valence electrons. The summed E-state index contributed by atoms with van der Waals surface area (Å²) in [6.07, 6.45) is 3.55. The molecule has 0 radical (unpaired) electrons. The molecule has 1 fully saturated rings. The number of alkyl carbamates (subject to hydrolysis) is 1. The highest BCUT2D eigenvalue weighted by molar-refractivity contribution is 5.71. The van der Waals surface area contributed by atoms with Crippen molar-refractivity contribution in [1.82, 2.24) is 10.2 Å². The Kier molecular flexibility index (Phi) is 8.27. The molecule has 6 nitrogen and oxygen atoms in total. The van der Waals surface area contributed by atoms with Gasteiger partial charge in [0.2, 0.25) is 6.41 Å². The number of hydrogen-bond donors (Lipinski definition) is 2. The lowest BCUT2D eigenvalue weighted by atomic mass is 10.1. The maximum atomic E-state index is 12.6. The molecule has 3 rings (SSSR count). The highest BCUT2D eigenvalue weighted by Crippen LogP contribution is 2.31. The first kappa shape index (κ1) is 21.8. The molecule has 0 bridgehead atoms. The van der Waals surface area contributed by atoms with Gasteiger partial charge in [-0.15, -0.1) is 0 Å². The van der Waals surface area contributed by atoms with E-state index in [9.17, 15) is 9.59 Å². The number of nitrogens with zero attached hydrogens (tertiary/aromatic N) is 1. The molecule has 2 amide bonds. The lowest BCUT2D eigenvalue weighted by Gasteiger charge is -2.27. The van der Waals surface area contributed by atoms with Crippen LogP contribution in [0, 0.1) is 5.92 Å². The number of benzene rings is 2. The Labute approximate surface area is 178 Å². The largest absolute Gasteiger partial charge is 0.440 e. The Hall–Kier alpha value is -2.86. The third-order valence-electron chi connectivity index (χ3n) is 5.19. The Morgan fingerprint density at radius 1 is 1.20 bits per heavy atom. The lowest BCUT2D eigenvalue weighted by Crippen LogP contribution is -2.35. The van der Waals surface area contributed by atoms with E-state index in [1.54, 1.807) is 6.07 Å². The summed E-state index contributed by atoms with van der Waals surface area (Å²) in [6.45, 7) is 5.27. The number of amides is 2.